The number of aryl methyl sites for hydroxylation is 1. The van der Waals surface area contributed by atoms with Crippen molar-refractivity contribution in [1.82, 2.24) is 5.16 Å². The summed E-state index contributed by atoms with van der Waals surface area (Å²) in [5.74, 6) is -0.461. The first-order chi connectivity index (χ1) is 9.54. The number of rotatable bonds is 8. The van der Waals surface area contributed by atoms with Gasteiger partial charge in [0.1, 0.15) is 24.5 Å². The van der Waals surface area contributed by atoms with Crippen LogP contribution in [0.25, 0.3) is 0 Å². The highest BCUT2D eigenvalue weighted by Gasteiger charge is 2.11. The molecule has 0 N–H and O–H groups in total. The number of carbonyl (C=O) groups is 2. The Morgan fingerprint density at radius 1 is 1.15 bits per heavy atom. The van der Waals surface area contributed by atoms with E-state index < -0.39 is 11.9 Å². The predicted molar refractivity (Wildman–Crippen MR) is 67.8 cm³/mol. The molecule has 0 saturated carbocycles. The highest BCUT2D eigenvalue weighted by Crippen LogP contribution is 2.11. The van der Waals surface area contributed by atoms with Crippen LogP contribution in [0.15, 0.2) is 4.52 Å². The van der Waals surface area contributed by atoms with Gasteiger partial charge in [0.05, 0.1) is 19.8 Å². The van der Waals surface area contributed by atoms with Gasteiger partial charge in [0, 0.05) is 5.56 Å². The Hall–Kier alpha value is -1.89. The van der Waals surface area contributed by atoms with E-state index in [1.807, 2.05) is 13.8 Å². The number of carbonyl (C=O) groups excluding carboxylic acids is 2. The lowest BCUT2D eigenvalue weighted by Crippen LogP contribution is -2.16. The van der Waals surface area contributed by atoms with Crippen LogP contribution in [-0.2, 0) is 30.4 Å². The molecular weight excluding hydrogens is 266 g/mol. The van der Waals surface area contributed by atoms with E-state index in [2.05, 4.69) is 9.89 Å². The SMILES string of the molecule is CCOC(=O)CC(=O)OCCOCc1noc(C)c1C. The number of ether oxygens (including phenoxy) is 3. The molecule has 0 unspecified atom stereocenters. The Kier molecular flexibility index (Phi) is 6.72. The van der Waals surface area contributed by atoms with E-state index in [0.29, 0.717) is 6.61 Å². The molecule has 0 fully saturated rings. The van der Waals surface area contributed by atoms with Crippen molar-refractivity contribution in [2.24, 2.45) is 0 Å². The maximum Gasteiger partial charge on any atom is 0.317 e. The zero-order valence-electron chi connectivity index (χ0n) is 11.9. The lowest BCUT2D eigenvalue weighted by atomic mass is 10.2. The third-order valence-electron chi connectivity index (χ3n) is 2.58. The van der Waals surface area contributed by atoms with Crippen LogP contribution in [-0.4, -0.2) is 36.9 Å². The van der Waals surface area contributed by atoms with Crippen molar-refractivity contribution in [3.63, 3.8) is 0 Å². The Labute approximate surface area is 117 Å². The van der Waals surface area contributed by atoms with Crippen LogP contribution in [0.3, 0.4) is 0 Å². The second-order valence-electron chi connectivity index (χ2n) is 4.07. The average molecular weight is 285 g/mol. The third-order valence-corrected chi connectivity index (χ3v) is 2.58. The van der Waals surface area contributed by atoms with Crippen LogP contribution < -0.4 is 0 Å². The quantitative estimate of drug-likeness (QED) is 0.404. The fourth-order valence-corrected chi connectivity index (χ4v) is 1.36. The predicted octanol–water partition coefficient (Wildman–Crippen LogP) is 1.30. The second-order valence-corrected chi connectivity index (χ2v) is 4.07. The summed E-state index contributed by atoms with van der Waals surface area (Å²) in [6.45, 7) is 6.22. The minimum Gasteiger partial charge on any atom is -0.466 e. The van der Waals surface area contributed by atoms with Crippen LogP contribution in [0.5, 0.6) is 0 Å². The van der Waals surface area contributed by atoms with Crippen LogP contribution in [0.4, 0.5) is 0 Å². The summed E-state index contributed by atoms with van der Waals surface area (Å²) in [5, 5.41) is 3.84. The van der Waals surface area contributed by atoms with Gasteiger partial charge in [-0.2, -0.15) is 0 Å². The highest BCUT2D eigenvalue weighted by molar-refractivity contribution is 5.91. The van der Waals surface area contributed by atoms with E-state index in [1.54, 1.807) is 6.92 Å². The molecule has 112 valence electrons. The topological polar surface area (TPSA) is 87.9 Å². The zero-order valence-corrected chi connectivity index (χ0v) is 11.9. The van der Waals surface area contributed by atoms with E-state index >= 15 is 0 Å². The monoisotopic (exact) mass is 285 g/mol. The summed E-state index contributed by atoms with van der Waals surface area (Å²) >= 11 is 0. The number of nitrogens with zero attached hydrogens (tertiary/aromatic N) is 1. The molecule has 0 saturated heterocycles. The van der Waals surface area contributed by atoms with Crippen LogP contribution in [0.1, 0.15) is 30.4 Å². The number of hydrogen-bond acceptors (Lipinski definition) is 7. The molecule has 7 heteroatoms. The molecule has 0 atom stereocenters. The normalized spacial score (nSPS) is 10.3. The van der Waals surface area contributed by atoms with Crippen molar-refractivity contribution in [2.45, 2.75) is 33.8 Å². The van der Waals surface area contributed by atoms with Crippen molar-refractivity contribution in [1.29, 1.82) is 0 Å². The Morgan fingerprint density at radius 3 is 2.45 bits per heavy atom. The van der Waals surface area contributed by atoms with Gasteiger partial charge >= 0.3 is 11.9 Å². The van der Waals surface area contributed by atoms with Gasteiger partial charge in [-0.1, -0.05) is 5.16 Å². The van der Waals surface area contributed by atoms with Gasteiger partial charge in [-0.05, 0) is 20.8 Å². The minimum absolute atomic E-state index is 0.0775. The van der Waals surface area contributed by atoms with Gasteiger partial charge in [0.25, 0.3) is 0 Å². The molecule has 0 spiro atoms. The van der Waals surface area contributed by atoms with Gasteiger partial charge in [-0.3, -0.25) is 9.59 Å². The Bertz CT molecular complexity index is 454. The number of aromatic nitrogens is 1. The maximum absolute atomic E-state index is 11.2. The van der Waals surface area contributed by atoms with E-state index in [1.165, 1.54) is 0 Å². The van der Waals surface area contributed by atoms with Crippen LogP contribution in [0, 0.1) is 13.8 Å². The summed E-state index contributed by atoms with van der Waals surface area (Å²) in [6, 6.07) is 0. The average Bonchev–Trinajstić information content (AvgIpc) is 2.70. The fourth-order valence-electron chi connectivity index (χ4n) is 1.36. The van der Waals surface area contributed by atoms with E-state index in [0.717, 1.165) is 17.0 Å². The second kappa shape index (κ2) is 8.31. The Morgan fingerprint density at radius 2 is 1.85 bits per heavy atom. The largest absolute Gasteiger partial charge is 0.466 e. The number of esters is 2. The van der Waals surface area contributed by atoms with Crippen molar-refractivity contribution in [3.05, 3.63) is 17.0 Å². The molecule has 0 aliphatic carbocycles. The molecule has 1 aromatic rings. The highest BCUT2D eigenvalue weighted by atomic mass is 16.6. The fraction of sp³-hybridized carbons (Fsp3) is 0.615. The molecule has 1 heterocycles. The van der Waals surface area contributed by atoms with Crippen LogP contribution in [0.2, 0.25) is 0 Å². The summed E-state index contributed by atoms with van der Waals surface area (Å²) in [7, 11) is 0. The first-order valence-electron chi connectivity index (χ1n) is 6.35. The third kappa shape index (κ3) is 5.40. The molecule has 0 radical (unpaired) electrons. The molecule has 0 bridgehead atoms. The van der Waals surface area contributed by atoms with Gasteiger partial charge in [0.2, 0.25) is 0 Å². The minimum atomic E-state index is -0.625. The molecule has 7 nitrogen and oxygen atoms in total. The van der Waals surface area contributed by atoms with Crippen LogP contribution >= 0.6 is 0 Å². The van der Waals surface area contributed by atoms with Crippen molar-refractivity contribution in [2.75, 3.05) is 19.8 Å². The first kappa shape index (κ1) is 16.2. The van der Waals surface area contributed by atoms with Gasteiger partial charge in [0.15, 0.2) is 0 Å². The lowest BCUT2D eigenvalue weighted by Gasteiger charge is -2.05. The molecular formula is C13H19NO6. The van der Waals surface area contributed by atoms with Crippen molar-refractivity contribution in [3.8, 4) is 0 Å². The van der Waals surface area contributed by atoms with Crippen molar-refractivity contribution < 1.29 is 28.3 Å². The Balaban J connectivity index is 2.11. The summed E-state index contributed by atoms with van der Waals surface area (Å²) in [6.07, 6.45) is -0.380. The first-order valence-corrected chi connectivity index (χ1v) is 6.35. The summed E-state index contributed by atoms with van der Waals surface area (Å²) in [4.78, 5) is 22.2. The number of hydrogen-bond donors (Lipinski definition) is 0. The van der Waals surface area contributed by atoms with E-state index in [9.17, 15) is 9.59 Å². The zero-order chi connectivity index (χ0) is 15.0. The summed E-state index contributed by atoms with van der Waals surface area (Å²) < 4.78 is 19.7. The molecule has 20 heavy (non-hydrogen) atoms. The van der Waals surface area contributed by atoms with Gasteiger partial charge in [-0.15, -0.1) is 0 Å². The molecule has 0 aromatic carbocycles. The van der Waals surface area contributed by atoms with Crippen molar-refractivity contribution >= 4 is 11.9 Å². The molecule has 0 aliphatic heterocycles. The van der Waals surface area contributed by atoms with E-state index in [-0.39, 0.29) is 26.2 Å². The standard InChI is InChI=1S/C13H19NO6/c1-4-18-12(15)7-13(16)19-6-5-17-8-11-9(2)10(3)20-14-11/h4-8H2,1-3H3. The maximum atomic E-state index is 11.2. The van der Waals surface area contributed by atoms with Gasteiger partial charge in [-0.25, -0.2) is 0 Å². The molecule has 0 amide bonds. The van der Waals surface area contributed by atoms with E-state index in [4.69, 9.17) is 14.0 Å². The lowest BCUT2D eigenvalue weighted by molar-refractivity contribution is -0.155. The molecule has 1 rings (SSSR count). The van der Waals surface area contributed by atoms with Gasteiger partial charge < -0.3 is 18.7 Å². The smallest absolute Gasteiger partial charge is 0.317 e. The molecule has 0 aliphatic rings. The molecule has 1 aromatic heterocycles. The summed E-state index contributed by atoms with van der Waals surface area (Å²) in [5.41, 5.74) is 1.67.